The van der Waals surface area contributed by atoms with E-state index >= 15 is 0 Å². The number of H-pyrrole nitrogens is 1. The van der Waals surface area contributed by atoms with E-state index in [9.17, 15) is 9.59 Å². The average Bonchev–Trinajstić information content (AvgIpc) is 3.25. The number of fused-ring (bicyclic) bond motifs is 1. The number of likely N-dealkylation sites (tertiary alicyclic amines) is 1. The van der Waals surface area contributed by atoms with Gasteiger partial charge in [-0.15, -0.1) is 11.3 Å². The van der Waals surface area contributed by atoms with Crippen molar-refractivity contribution in [3.63, 3.8) is 0 Å². The molecule has 2 aromatic heterocycles. The van der Waals surface area contributed by atoms with Gasteiger partial charge in [0, 0.05) is 34.1 Å². The molecule has 2 aliphatic rings. The topological polar surface area (TPSA) is 87.3 Å². The van der Waals surface area contributed by atoms with Crippen LogP contribution in [0, 0.1) is 0 Å². The van der Waals surface area contributed by atoms with Gasteiger partial charge in [-0.2, -0.15) is 0 Å². The van der Waals surface area contributed by atoms with Crippen molar-refractivity contribution in [2.75, 3.05) is 11.9 Å². The number of hydrogen-bond acceptors (Lipinski definition) is 5. The number of rotatable bonds is 6. The van der Waals surface area contributed by atoms with Crippen molar-refractivity contribution in [1.82, 2.24) is 14.9 Å². The Morgan fingerprint density at radius 2 is 1.97 bits per heavy atom. The van der Waals surface area contributed by atoms with Crippen LogP contribution in [0.2, 0.25) is 0 Å². The van der Waals surface area contributed by atoms with Gasteiger partial charge in [0.2, 0.25) is 5.91 Å². The summed E-state index contributed by atoms with van der Waals surface area (Å²) < 4.78 is 5.45. The molecule has 3 heterocycles. The molecule has 0 bridgehead atoms. The van der Waals surface area contributed by atoms with Gasteiger partial charge >= 0.3 is 6.09 Å². The van der Waals surface area contributed by atoms with E-state index in [1.165, 1.54) is 40.2 Å². The Bertz CT molecular complexity index is 1380. The molecule has 1 saturated heterocycles. The van der Waals surface area contributed by atoms with Gasteiger partial charge < -0.3 is 15.0 Å². The first-order valence-electron chi connectivity index (χ1n) is 12.0. The highest BCUT2D eigenvalue weighted by molar-refractivity contribution is 7.14. The standard InChI is InChI=1S/C27H26N4O3S/c32-25(24-7-4-12-31(24)27(33)34-15-17-5-2-1-3-6-17)30-26-29-23(16-35-26)19-10-11-21-20(13-19)14-22(28-21)18-8-9-18/h1-3,5-6,10-11,13-14,16,18,24,28H,4,7-9,12,15H2,(H,29,30,32). The Balaban J connectivity index is 1.10. The SMILES string of the molecule is O=C(Nc1nc(-c2ccc3[nH]c(C4CC4)cc3c2)cs1)C1CCCN1C(=O)OCc1ccccc1. The van der Waals surface area contributed by atoms with Crippen LogP contribution in [0.15, 0.2) is 60.0 Å². The number of nitrogens with zero attached hydrogens (tertiary/aromatic N) is 2. The lowest BCUT2D eigenvalue weighted by molar-refractivity contribution is -0.120. The Morgan fingerprint density at radius 1 is 1.11 bits per heavy atom. The molecular formula is C27H26N4O3S. The first-order valence-corrected chi connectivity index (χ1v) is 12.9. The van der Waals surface area contributed by atoms with Crippen molar-refractivity contribution in [2.24, 2.45) is 0 Å². The normalized spacial score (nSPS) is 17.6. The molecule has 2 amide bonds. The van der Waals surface area contributed by atoms with Crippen LogP contribution in [0.1, 0.15) is 42.9 Å². The highest BCUT2D eigenvalue weighted by Gasteiger charge is 2.35. The van der Waals surface area contributed by atoms with Crippen molar-refractivity contribution < 1.29 is 14.3 Å². The minimum atomic E-state index is -0.553. The fraction of sp³-hybridized carbons (Fsp3) is 0.296. The zero-order chi connectivity index (χ0) is 23.8. The number of nitrogens with one attached hydrogen (secondary N) is 2. The van der Waals surface area contributed by atoms with Crippen LogP contribution < -0.4 is 5.32 Å². The smallest absolute Gasteiger partial charge is 0.410 e. The van der Waals surface area contributed by atoms with Gasteiger partial charge in [-0.3, -0.25) is 9.69 Å². The maximum absolute atomic E-state index is 13.0. The molecule has 2 N–H and O–H groups in total. The zero-order valence-electron chi connectivity index (χ0n) is 19.2. The predicted molar refractivity (Wildman–Crippen MR) is 136 cm³/mol. The van der Waals surface area contributed by atoms with Crippen LogP contribution in [-0.4, -0.2) is 39.5 Å². The van der Waals surface area contributed by atoms with E-state index in [1.807, 2.05) is 35.7 Å². The van der Waals surface area contributed by atoms with Gasteiger partial charge in [0.1, 0.15) is 12.6 Å². The minimum Gasteiger partial charge on any atom is -0.445 e. The Kier molecular flexibility index (Phi) is 5.74. The number of ether oxygens (including phenoxy) is 1. The number of anilines is 1. The number of aromatic amines is 1. The summed E-state index contributed by atoms with van der Waals surface area (Å²) >= 11 is 1.39. The van der Waals surface area contributed by atoms with E-state index in [0.29, 0.717) is 24.0 Å². The van der Waals surface area contributed by atoms with E-state index < -0.39 is 12.1 Å². The highest BCUT2D eigenvalue weighted by Crippen LogP contribution is 2.41. The quantitative estimate of drug-likeness (QED) is 0.355. The summed E-state index contributed by atoms with van der Waals surface area (Å²) in [5.74, 6) is 0.452. The lowest BCUT2D eigenvalue weighted by Crippen LogP contribution is -2.43. The van der Waals surface area contributed by atoms with Crippen molar-refractivity contribution in [2.45, 2.75) is 44.2 Å². The lowest BCUT2D eigenvalue weighted by atomic mass is 10.1. The molecule has 6 rings (SSSR count). The molecule has 178 valence electrons. The summed E-state index contributed by atoms with van der Waals surface area (Å²) in [6.07, 6.45) is 3.44. The predicted octanol–water partition coefficient (Wildman–Crippen LogP) is 5.91. The van der Waals surface area contributed by atoms with Crippen LogP contribution >= 0.6 is 11.3 Å². The van der Waals surface area contributed by atoms with Crippen LogP contribution in [0.3, 0.4) is 0 Å². The summed E-state index contributed by atoms with van der Waals surface area (Å²) in [6, 6.07) is 17.5. The van der Waals surface area contributed by atoms with Gasteiger partial charge in [-0.05, 0) is 55.4 Å². The first kappa shape index (κ1) is 21.9. The number of thiazole rings is 1. The second-order valence-electron chi connectivity index (χ2n) is 9.22. The number of hydrogen-bond donors (Lipinski definition) is 2. The van der Waals surface area contributed by atoms with Crippen molar-refractivity contribution in [1.29, 1.82) is 0 Å². The van der Waals surface area contributed by atoms with Gasteiger partial charge in [0.15, 0.2) is 5.13 Å². The fourth-order valence-corrected chi connectivity index (χ4v) is 5.36. The number of aromatic nitrogens is 2. The van der Waals surface area contributed by atoms with E-state index in [0.717, 1.165) is 28.8 Å². The molecule has 1 aliphatic carbocycles. The van der Waals surface area contributed by atoms with Crippen molar-refractivity contribution in [3.05, 3.63) is 71.2 Å². The minimum absolute atomic E-state index is 0.188. The molecule has 0 radical (unpaired) electrons. The fourth-order valence-electron chi connectivity index (χ4n) is 4.64. The summed E-state index contributed by atoms with van der Waals surface area (Å²) in [6.45, 7) is 0.697. The molecule has 1 unspecified atom stereocenters. The molecule has 1 atom stereocenters. The zero-order valence-corrected chi connectivity index (χ0v) is 20.0. The molecular weight excluding hydrogens is 460 g/mol. The maximum atomic E-state index is 13.0. The number of benzene rings is 2. The third kappa shape index (κ3) is 4.66. The molecule has 2 aromatic carbocycles. The molecule has 35 heavy (non-hydrogen) atoms. The van der Waals surface area contributed by atoms with Crippen molar-refractivity contribution in [3.8, 4) is 11.3 Å². The second-order valence-corrected chi connectivity index (χ2v) is 10.1. The summed E-state index contributed by atoms with van der Waals surface area (Å²) in [5, 5.41) is 6.57. The lowest BCUT2D eigenvalue weighted by Gasteiger charge is -2.22. The number of amides is 2. The van der Waals surface area contributed by atoms with E-state index in [4.69, 9.17) is 4.74 Å². The van der Waals surface area contributed by atoms with Gasteiger partial charge in [0.05, 0.1) is 5.69 Å². The van der Waals surface area contributed by atoms with E-state index in [2.05, 4.69) is 39.6 Å². The van der Waals surface area contributed by atoms with Gasteiger partial charge in [0.25, 0.3) is 0 Å². The van der Waals surface area contributed by atoms with Gasteiger partial charge in [-0.1, -0.05) is 36.4 Å². The summed E-state index contributed by atoms with van der Waals surface area (Å²) in [7, 11) is 0. The Hall–Kier alpha value is -3.65. The molecule has 4 aromatic rings. The van der Waals surface area contributed by atoms with Crippen LogP contribution in [0.5, 0.6) is 0 Å². The van der Waals surface area contributed by atoms with Gasteiger partial charge in [-0.25, -0.2) is 9.78 Å². The van der Waals surface area contributed by atoms with E-state index in [1.54, 1.807) is 0 Å². The third-order valence-corrected chi connectivity index (χ3v) is 7.44. The second kappa shape index (κ2) is 9.19. The molecule has 1 aliphatic heterocycles. The number of carbonyl (C=O) groups excluding carboxylic acids is 2. The largest absolute Gasteiger partial charge is 0.445 e. The maximum Gasteiger partial charge on any atom is 0.410 e. The third-order valence-electron chi connectivity index (χ3n) is 6.68. The average molecular weight is 487 g/mol. The molecule has 0 spiro atoms. The van der Waals surface area contributed by atoms with Crippen LogP contribution in [-0.2, 0) is 16.1 Å². The molecule has 8 heteroatoms. The van der Waals surface area contributed by atoms with E-state index in [-0.39, 0.29) is 12.5 Å². The van der Waals surface area contributed by atoms with Crippen LogP contribution in [0.25, 0.3) is 22.2 Å². The highest BCUT2D eigenvalue weighted by atomic mass is 32.1. The first-order chi connectivity index (χ1) is 17.1. The molecule has 1 saturated carbocycles. The number of carbonyl (C=O) groups is 2. The summed E-state index contributed by atoms with van der Waals surface area (Å²) in [5.41, 5.74) is 5.21. The molecule has 2 fully saturated rings. The van der Waals surface area contributed by atoms with Crippen molar-refractivity contribution >= 4 is 39.4 Å². The Labute approximate surface area is 207 Å². The molecule has 7 nitrogen and oxygen atoms in total. The van der Waals surface area contributed by atoms with Crippen LogP contribution in [0.4, 0.5) is 9.93 Å². The monoisotopic (exact) mass is 486 g/mol. The Morgan fingerprint density at radius 3 is 2.80 bits per heavy atom. The summed E-state index contributed by atoms with van der Waals surface area (Å²) in [4.78, 5) is 35.3.